The van der Waals surface area contributed by atoms with Gasteiger partial charge in [0.2, 0.25) is 0 Å². The molecular formula is C15H13FN2O. The molecule has 0 heterocycles. The standard InChI is InChI=1S/C15H13FN2O/c1-18-14-4-6-15(7-5-14)19-10-11-2-3-13(16)8-12(11)9-17/h2-8,18H,10H2,1H3. The van der Waals surface area contributed by atoms with E-state index in [0.29, 0.717) is 16.9 Å². The summed E-state index contributed by atoms with van der Waals surface area (Å²) < 4.78 is 18.6. The van der Waals surface area contributed by atoms with E-state index >= 15 is 0 Å². The topological polar surface area (TPSA) is 45.0 Å². The summed E-state index contributed by atoms with van der Waals surface area (Å²) >= 11 is 0. The van der Waals surface area contributed by atoms with Crippen molar-refractivity contribution in [3.05, 3.63) is 59.4 Å². The molecule has 19 heavy (non-hydrogen) atoms. The Hall–Kier alpha value is -2.54. The van der Waals surface area contributed by atoms with Crippen molar-refractivity contribution < 1.29 is 9.13 Å². The molecule has 96 valence electrons. The molecular weight excluding hydrogens is 243 g/mol. The molecule has 3 nitrogen and oxygen atoms in total. The van der Waals surface area contributed by atoms with Gasteiger partial charge in [0.1, 0.15) is 18.2 Å². The second-order valence-electron chi connectivity index (χ2n) is 3.98. The number of benzene rings is 2. The van der Waals surface area contributed by atoms with Crippen LogP contribution in [-0.4, -0.2) is 7.05 Å². The fourth-order valence-corrected chi connectivity index (χ4v) is 1.66. The summed E-state index contributed by atoms with van der Waals surface area (Å²) in [6.07, 6.45) is 0. The molecule has 0 saturated heterocycles. The molecule has 0 spiro atoms. The average molecular weight is 256 g/mol. The predicted molar refractivity (Wildman–Crippen MR) is 71.4 cm³/mol. The van der Waals surface area contributed by atoms with Gasteiger partial charge in [-0.15, -0.1) is 0 Å². The van der Waals surface area contributed by atoms with Gasteiger partial charge in [-0.1, -0.05) is 6.07 Å². The van der Waals surface area contributed by atoms with Gasteiger partial charge in [0.05, 0.1) is 11.6 Å². The molecule has 4 heteroatoms. The van der Waals surface area contributed by atoms with Crippen molar-refractivity contribution in [2.45, 2.75) is 6.61 Å². The highest BCUT2D eigenvalue weighted by Crippen LogP contribution is 2.18. The zero-order valence-corrected chi connectivity index (χ0v) is 10.5. The Labute approximate surface area is 111 Å². The molecule has 0 atom stereocenters. The molecule has 0 aliphatic heterocycles. The fourth-order valence-electron chi connectivity index (χ4n) is 1.66. The van der Waals surface area contributed by atoms with E-state index in [9.17, 15) is 4.39 Å². The van der Waals surface area contributed by atoms with Crippen LogP contribution in [0.2, 0.25) is 0 Å². The van der Waals surface area contributed by atoms with E-state index in [-0.39, 0.29) is 6.61 Å². The number of hydrogen-bond donors (Lipinski definition) is 1. The predicted octanol–water partition coefficient (Wildman–Crippen LogP) is 3.32. The van der Waals surface area contributed by atoms with E-state index in [1.165, 1.54) is 12.1 Å². The SMILES string of the molecule is CNc1ccc(OCc2ccc(F)cc2C#N)cc1. The Morgan fingerprint density at radius 3 is 2.58 bits per heavy atom. The minimum atomic E-state index is -0.418. The molecule has 0 radical (unpaired) electrons. The number of rotatable bonds is 4. The number of halogens is 1. The summed E-state index contributed by atoms with van der Waals surface area (Å²) in [6, 6.07) is 13.5. The molecule has 2 aromatic rings. The summed E-state index contributed by atoms with van der Waals surface area (Å²) in [5.74, 6) is 0.283. The highest BCUT2D eigenvalue weighted by molar-refractivity contribution is 5.45. The lowest BCUT2D eigenvalue weighted by molar-refractivity contribution is 0.306. The molecule has 0 aliphatic rings. The lowest BCUT2D eigenvalue weighted by atomic mass is 10.1. The van der Waals surface area contributed by atoms with Gasteiger partial charge in [0.15, 0.2) is 0 Å². The molecule has 0 fully saturated rings. The van der Waals surface area contributed by atoms with Crippen molar-refractivity contribution in [1.82, 2.24) is 0 Å². The van der Waals surface area contributed by atoms with Gasteiger partial charge >= 0.3 is 0 Å². The van der Waals surface area contributed by atoms with Crippen molar-refractivity contribution in [3.8, 4) is 11.8 Å². The van der Waals surface area contributed by atoms with Crippen molar-refractivity contribution in [3.63, 3.8) is 0 Å². The van der Waals surface area contributed by atoms with Crippen LogP contribution >= 0.6 is 0 Å². The highest BCUT2D eigenvalue weighted by Gasteiger charge is 2.04. The first kappa shape index (κ1) is 12.9. The summed E-state index contributed by atoms with van der Waals surface area (Å²) in [7, 11) is 1.84. The zero-order chi connectivity index (χ0) is 13.7. The third-order valence-corrected chi connectivity index (χ3v) is 2.73. The van der Waals surface area contributed by atoms with Gasteiger partial charge in [-0.3, -0.25) is 0 Å². The molecule has 2 aromatic carbocycles. The number of nitrogens with zero attached hydrogens (tertiary/aromatic N) is 1. The van der Waals surface area contributed by atoms with Gasteiger partial charge in [-0.25, -0.2) is 4.39 Å². The van der Waals surface area contributed by atoms with Crippen molar-refractivity contribution in [1.29, 1.82) is 5.26 Å². The fraction of sp³-hybridized carbons (Fsp3) is 0.133. The molecule has 0 aromatic heterocycles. The molecule has 0 saturated carbocycles. The third-order valence-electron chi connectivity index (χ3n) is 2.73. The van der Waals surface area contributed by atoms with Crippen LogP contribution in [0.25, 0.3) is 0 Å². The number of nitriles is 1. The summed E-state index contributed by atoms with van der Waals surface area (Å²) in [4.78, 5) is 0. The first-order valence-electron chi connectivity index (χ1n) is 5.82. The van der Waals surface area contributed by atoms with Crippen molar-refractivity contribution in [2.75, 3.05) is 12.4 Å². The smallest absolute Gasteiger partial charge is 0.124 e. The summed E-state index contributed by atoms with van der Waals surface area (Å²) in [5.41, 5.74) is 1.96. The lowest BCUT2D eigenvalue weighted by Crippen LogP contribution is -1.99. The molecule has 0 bridgehead atoms. The maximum Gasteiger partial charge on any atom is 0.124 e. The Bertz CT molecular complexity index is 603. The van der Waals surface area contributed by atoms with Crippen LogP contribution in [0.3, 0.4) is 0 Å². The van der Waals surface area contributed by atoms with E-state index in [0.717, 1.165) is 5.69 Å². The van der Waals surface area contributed by atoms with Gasteiger partial charge < -0.3 is 10.1 Å². The van der Waals surface area contributed by atoms with Crippen molar-refractivity contribution >= 4 is 5.69 Å². The van der Waals surface area contributed by atoms with E-state index < -0.39 is 5.82 Å². The number of hydrogen-bond acceptors (Lipinski definition) is 3. The third kappa shape index (κ3) is 3.23. The average Bonchev–Trinajstić information content (AvgIpc) is 2.46. The largest absolute Gasteiger partial charge is 0.489 e. The van der Waals surface area contributed by atoms with Crippen LogP contribution in [0, 0.1) is 17.1 Å². The van der Waals surface area contributed by atoms with Crippen molar-refractivity contribution in [2.24, 2.45) is 0 Å². The molecule has 2 rings (SSSR count). The van der Waals surface area contributed by atoms with Gasteiger partial charge in [0, 0.05) is 18.3 Å². The Kier molecular flexibility index (Phi) is 3.99. The normalized spacial score (nSPS) is 9.74. The second kappa shape index (κ2) is 5.87. The highest BCUT2D eigenvalue weighted by atomic mass is 19.1. The monoisotopic (exact) mass is 256 g/mol. The molecule has 0 aliphatic carbocycles. The number of anilines is 1. The maximum absolute atomic E-state index is 13.0. The van der Waals surface area contributed by atoms with E-state index in [4.69, 9.17) is 10.00 Å². The number of ether oxygens (including phenoxy) is 1. The minimum Gasteiger partial charge on any atom is -0.489 e. The Morgan fingerprint density at radius 1 is 1.21 bits per heavy atom. The molecule has 1 N–H and O–H groups in total. The van der Waals surface area contributed by atoms with E-state index in [2.05, 4.69) is 5.32 Å². The second-order valence-corrected chi connectivity index (χ2v) is 3.98. The van der Waals surface area contributed by atoms with Crippen LogP contribution in [0.1, 0.15) is 11.1 Å². The Balaban J connectivity index is 2.08. The van der Waals surface area contributed by atoms with Gasteiger partial charge in [-0.2, -0.15) is 5.26 Å². The van der Waals surface area contributed by atoms with Crippen LogP contribution in [0.15, 0.2) is 42.5 Å². The number of nitrogens with one attached hydrogen (secondary N) is 1. The van der Waals surface area contributed by atoms with E-state index in [1.54, 1.807) is 6.07 Å². The van der Waals surface area contributed by atoms with Crippen LogP contribution < -0.4 is 10.1 Å². The molecule has 0 unspecified atom stereocenters. The quantitative estimate of drug-likeness (QED) is 0.912. The van der Waals surface area contributed by atoms with Crippen LogP contribution in [-0.2, 0) is 6.61 Å². The zero-order valence-electron chi connectivity index (χ0n) is 10.5. The minimum absolute atomic E-state index is 0.238. The lowest BCUT2D eigenvalue weighted by Gasteiger charge is -2.08. The van der Waals surface area contributed by atoms with Crippen LogP contribution in [0.5, 0.6) is 5.75 Å². The Morgan fingerprint density at radius 2 is 1.95 bits per heavy atom. The van der Waals surface area contributed by atoms with Gasteiger partial charge in [0.25, 0.3) is 0 Å². The first-order valence-corrected chi connectivity index (χ1v) is 5.82. The van der Waals surface area contributed by atoms with Crippen LogP contribution in [0.4, 0.5) is 10.1 Å². The first-order chi connectivity index (χ1) is 9.22. The van der Waals surface area contributed by atoms with E-state index in [1.807, 2.05) is 37.4 Å². The summed E-state index contributed by atoms with van der Waals surface area (Å²) in [6.45, 7) is 0.238. The maximum atomic E-state index is 13.0. The summed E-state index contributed by atoms with van der Waals surface area (Å²) in [5, 5.41) is 11.9. The van der Waals surface area contributed by atoms with Gasteiger partial charge in [-0.05, 0) is 36.4 Å². The molecule has 0 amide bonds.